The quantitative estimate of drug-likeness (QED) is 0.848. The Balaban J connectivity index is 2.36. The standard InChI is InChI=1S/C12H20N4OS/c1-5-16-11-10(9(4)14-16)13-12(18)15(11)6-7-17-8(2)3/h8H,5-7H2,1-4H3,(H,13,18). The van der Waals surface area contributed by atoms with Gasteiger partial charge in [-0.15, -0.1) is 0 Å². The van der Waals surface area contributed by atoms with Gasteiger partial charge in [0.15, 0.2) is 10.4 Å². The van der Waals surface area contributed by atoms with Crippen LogP contribution in [0.1, 0.15) is 26.5 Å². The molecule has 0 unspecified atom stereocenters. The van der Waals surface area contributed by atoms with Crippen LogP contribution in [0, 0.1) is 11.7 Å². The molecule has 0 bridgehead atoms. The first-order valence-electron chi connectivity index (χ1n) is 6.32. The molecule has 18 heavy (non-hydrogen) atoms. The van der Waals surface area contributed by atoms with Gasteiger partial charge >= 0.3 is 0 Å². The molecule has 0 fully saturated rings. The molecule has 1 N–H and O–H groups in total. The Morgan fingerprint density at radius 1 is 1.44 bits per heavy atom. The Labute approximate surface area is 112 Å². The van der Waals surface area contributed by atoms with E-state index in [1.54, 1.807) is 0 Å². The largest absolute Gasteiger partial charge is 0.377 e. The van der Waals surface area contributed by atoms with Crippen LogP contribution in [0.15, 0.2) is 0 Å². The van der Waals surface area contributed by atoms with Crippen LogP contribution in [-0.4, -0.2) is 32.0 Å². The summed E-state index contributed by atoms with van der Waals surface area (Å²) in [5.74, 6) is 0. The number of nitrogens with zero attached hydrogens (tertiary/aromatic N) is 3. The molecule has 0 atom stereocenters. The van der Waals surface area contributed by atoms with E-state index in [-0.39, 0.29) is 6.10 Å². The topological polar surface area (TPSA) is 47.8 Å². The summed E-state index contributed by atoms with van der Waals surface area (Å²) < 4.78 is 10.4. The van der Waals surface area contributed by atoms with Crippen LogP contribution in [0.25, 0.3) is 11.2 Å². The second-order valence-electron chi connectivity index (χ2n) is 4.60. The molecule has 0 aliphatic rings. The molecule has 6 heteroatoms. The first kappa shape index (κ1) is 13.3. The number of aromatic nitrogens is 4. The maximum atomic E-state index is 5.59. The van der Waals surface area contributed by atoms with E-state index in [9.17, 15) is 0 Å². The minimum Gasteiger partial charge on any atom is -0.377 e. The zero-order valence-corrected chi connectivity index (χ0v) is 12.2. The summed E-state index contributed by atoms with van der Waals surface area (Å²) in [4.78, 5) is 3.23. The monoisotopic (exact) mass is 268 g/mol. The average Bonchev–Trinajstić information content (AvgIpc) is 2.78. The third-order valence-corrected chi connectivity index (χ3v) is 3.22. The van der Waals surface area contributed by atoms with E-state index in [1.807, 2.05) is 25.5 Å². The normalized spacial score (nSPS) is 11.8. The van der Waals surface area contributed by atoms with Gasteiger partial charge in [0.05, 0.1) is 24.9 Å². The molecule has 0 saturated carbocycles. The molecule has 2 aromatic rings. The molecule has 5 nitrogen and oxygen atoms in total. The van der Waals surface area contributed by atoms with Gasteiger partial charge in [0.25, 0.3) is 0 Å². The first-order valence-corrected chi connectivity index (χ1v) is 6.73. The van der Waals surface area contributed by atoms with Gasteiger partial charge in [-0.3, -0.25) is 4.57 Å². The number of aryl methyl sites for hydroxylation is 2. The van der Waals surface area contributed by atoms with Crippen molar-refractivity contribution in [1.82, 2.24) is 19.3 Å². The van der Waals surface area contributed by atoms with Crippen molar-refractivity contribution in [1.29, 1.82) is 0 Å². The maximum Gasteiger partial charge on any atom is 0.179 e. The molecular formula is C12H20N4OS. The van der Waals surface area contributed by atoms with Gasteiger partial charge < -0.3 is 9.72 Å². The predicted molar refractivity (Wildman–Crippen MR) is 74.4 cm³/mol. The van der Waals surface area contributed by atoms with Gasteiger partial charge in [0, 0.05) is 6.54 Å². The minimum atomic E-state index is 0.242. The van der Waals surface area contributed by atoms with E-state index >= 15 is 0 Å². The fourth-order valence-corrected chi connectivity index (χ4v) is 2.35. The van der Waals surface area contributed by atoms with E-state index in [0.29, 0.717) is 6.61 Å². The number of imidazole rings is 1. The Bertz CT molecular complexity index is 593. The molecule has 0 radical (unpaired) electrons. The number of fused-ring (bicyclic) bond motifs is 1. The molecule has 0 aromatic carbocycles. The fourth-order valence-electron chi connectivity index (χ4n) is 2.07. The van der Waals surface area contributed by atoms with Crippen molar-refractivity contribution in [2.24, 2.45) is 0 Å². The molecule has 100 valence electrons. The van der Waals surface area contributed by atoms with E-state index < -0.39 is 0 Å². The zero-order valence-electron chi connectivity index (χ0n) is 11.4. The number of H-pyrrole nitrogens is 1. The second-order valence-corrected chi connectivity index (χ2v) is 4.99. The maximum absolute atomic E-state index is 5.59. The van der Waals surface area contributed by atoms with Crippen molar-refractivity contribution in [2.75, 3.05) is 6.61 Å². The van der Waals surface area contributed by atoms with Crippen LogP contribution >= 0.6 is 12.2 Å². The molecule has 2 rings (SSSR count). The van der Waals surface area contributed by atoms with E-state index in [4.69, 9.17) is 17.0 Å². The smallest absolute Gasteiger partial charge is 0.179 e. The van der Waals surface area contributed by atoms with Gasteiger partial charge in [-0.05, 0) is 39.9 Å². The van der Waals surface area contributed by atoms with Crippen LogP contribution in [0.3, 0.4) is 0 Å². The second kappa shape index (κ2) is 5.24. The number of hydrogen-bond donors (Lipinski definition) is 1. The lowest BCUT2D eigenvalue weighted by Gasteiger charge is -2.09. The van der Waals surface area contributed by atoms with Gasteiger partial charge in [-0.1, -0.05) is 0 Å². The molecule has 0 aliphatic carbocycles. The summed E-state index contributed by atoms with van der Waals surface area (Å²) in [5.41, 5.74) is 3.08. The van der Waals surface area contributed by atoms with Crippen molar-refractivity contribution in [3.8, 4) is 0 Å². The lowest BCUT2D eigenvalue weighted by molar-refractivity contribution is 0.0729. The molecule has 2 aromatic heterocycles. The predicted octanol–water partition coefficient (Wildman–Crippen LogP) is 2.65. The Morgan fingerprint density at radius 3 is 2.78 bits per heavy atom. The average molecular weight is 268 g/mol. The summed E-state index contributed by atoms with van der Waals surface area (Å²) in [6, 6.07) is 0. The summed E-state index contributed by atoms with van der Waals surface area (Å²) in [6.45, 7) is 10.4. The number of nitrogens with one attached hydrogen (secondary N) is 1. The van der Waals surface area contributed by atoms with E-state index in [1.165, 1.54) is 0 Å². The fraction of sp³-hybridized carbons (Fsp3) is 0.667. The Morgan fingerprint density at radius 2 is 2.17 bits per heavy atom. The first-order chi connectivity index (χ1) is 8.54. The Kier molecular flexibility index (Phi) is 3.87. The molecule has 0 saturated heterocycles. The van der Waals surface area contributed by atoms with E-state index in [0.717, 1.165) is 34.7 Å². The highest BCUT2D eigenvalue weighted by molar-refractivity contribution is 7.71. The molecular weight excluding hydrogens is 248 g/mol. The van der Waals surface area contributed by atoms with E-state index in [2.05, 4.69) is 21.6 Å². The van der Waals surface area contributed by atoms with Crippen molar-refractivity contribution in [3.63, 3.8) is 0 Å². The van der Waals surface area contributed by atoms with Gasteiger partial charge in [-0.25, -0.2) is 4.68 Å². The summed E-state index contributed by atoms with van der Waals surface area (Å²) >= 11 is 5.36. The van der Waals surface area contributed by atoms with Crippen LogP contribution in [0.4, 0.5) is 0 Å². The van der Waals surface area contributed by atoms with Crippen LogP contribution in [0.2, 0.25) is 0 Å². The van der Waals surface area contributed by atoms with Gasteiger partial charge in [0.1, 0.15) is 5.52 Å². The zero-order chi connectivity index (χ0) is 13.3. The molecule has 0 aliphatic heterocycles. The third kappa shape index (κ3) is 2.35. The van der Waals surface area contributed by atoms with Gasteiger partial charge in [0.2, 0.25) is 0 Å². The number of ether oxygens (including phenoxy) is 1. The van der Waals surface area contributed by atoms with Crippen molar-refractivity contribution in [3.05, 3.63) is 10.5 Å². The number of rotatable bonds is 5. The summed E-state index contributed by atoms with van der Waals surface area (Å²) in [6.07, 6.45) is 0.242. The molecule has 2 heterocycles. The summed E-state index contributed by atoms with van der Waals surface area (Å²) in [7, 11) is 0. The van der Waals surface area contributed by atoms with Crippen molar-refractivity contribution < 1.29 is 4.74 Å². The lowest BCUT2D eigenvalue weighted by Crippen LogP contribution is -2.12. The summed E-state index contributed by atoms with van der Waals surface area (Å²) in [5, 5.41) is 4.49. The number of hydrogen-bond acceptors (Lipinski definition) is 3. The molecule has 0 amide bonds. The van der Waals surface area contributed by atoms with Crippen molar-refractivity contribution in [2.45, 2.75) is 46.9 Å². The van der Waals surface area contributed by atoms with Crippen LogP contribution in [0.5, 0.6) is 0 Å². The van der Waals surface area contributed by atoms with Crippen LogP contribution < -0.4 is 0 Å². The lowest BCUT2D eigenvalue weighted by atomic mass is 10.4. The molecule has 0 spiro atoms. The highest BCUT2D eigenvalue weighted by Gasteiger charge is 2.13. The van der Waals surface area contributed by atoms with Gasteiger partial charge in [-0.2, -0.15) is 5.10 Å². The Hall–Kier alpha value is -1.14. The third-order valence-electron chi connectivity index (χ3n) is 2.90. The van der Waals surface area contributed by atoms with Crippen molar-refractivity contribution >= 4 is 23.4 Å². The highest BCUT2D eigenvalue weighted by atomic mass is 32.1. The highest BCUT2D eigenvalue weighted by Crippen LogP contribution is 2.17. The minimum absolute atomic E-state index is 0.242. The number of aromatic amines is 1. The SMILES string of the molecule is CCn1nc(C)c2[nH]c(=S)n(CCOC(C)C)c21. The van der Waals surface area contributed by atoms with Crippen LogP contribution in [-0.2, 0) is 17.8 Å².